The third-order valence-corrected chi connectivity index (χ3v) is 10.4. The second kappa shape index (κ2) is 20.8. The summed E-state index contributed by atoms with van der Waals surface area (Å²) >= 11 is 1.80. The predicted octanol–water partition coefficient (Wildman–Crippen LogP) is 15.6. The summed E-state index contributed by atoms with van der Waals surface area (Å²) in [6.45, 7) is 21.4. The third-order valence-electron chi connectivity index (χ3n) is 9.58. The number of thioether (sulfide) groups is 1. The summed E-state index contributed by atoms with van der Waals surface area (Å²) in [5.74, 6) is 0.263. The molecule has 0 saturated heterocycles. The van der Waals surface area contributed by atoms with Crippen molar-refractivity contribution >= 4 is 16.7 Å². The lowest BCUT2D eigenvalue weighted by Crippen LogP contribution is -1.92. The first-order valence-corrected chi connectivity index (χ1v) is 19.9. The molecule has 0 bridgehead atoms. The smallest absolute Gasteiger partial charge is 0.0108 e. The first-order valence-electron chi connectivity index (χ1n) is 18.6. The van der Waals surface area contributed by atoms with Crippen molar-refractivity contribution in [2.24, 2.45) is 5.92 Å². The van der Waals surface area contributed by atoms with Crippen molar-refractivity contribution in [2.75, 3.05) is 6.26 Å². The van der Waals surface area contributed by atoms with Gasteiger partial charge in [-0.25, -0.2) is 0 Å². The zero-order valence-electron chi connectivity index (χ0n) is 32.8. The Bertz CT molecular complexity index is 2040. The third kappa shape index (κ3) is 12.0. The number of rotatable bonds is 15. The van der Waals surface area contributed by atoms with E-state index < -0.39 is 0 Å². The van der Waals surface area contributed by atoms with Gasteiger partial charge in [0.1, 0.15) is 0 Å². The summed E-state index contributed by atoms with van der Waals surface area (Å²) in [5, 5.41) is 0. The molecule has 1 atom stereocenters. The maximum atomic E-state index is 4.33. The monoisotopic (exact) mass is 712 g/mol. The van der Waals surface area contributed by atoms with Gasteiger partial charge >= 0.3 is 0 Å². The lowest BCUT2D eigenvalue weighted by Gasteiger charge is -2.12. The van der Waals surface area contributed by atoms with Crippen molar-refractivity contribution in [3.05, 3.63) is 221 Å². The molecule has 270 valence electrons. The average Bonchev–Trinajstić information content (AvgIpc) is 3.20. The molecule has 3 aromatic carbocycles. The van der Waals surface area contributed by atoms with Gasteiger partial charge in [0.15, 0.2) is 0 Å². The van der Waals surface area contributed by atoms with E-state index in [2.05, 4.69) is 213 Å². The van der Waals surface area contributed by atoms with Crippen molar-refractivity contribution in [1.82, 2.24) is 0 Å². The SMILES string of the molecule is C=CC(=C\C=C(/C)C(=C)/C=C\C(=C/C)C1=CCCC=C1)/C(C)=C/C(=C/C)C(/C)=C\C(C)/C=C(\SC)c1ccc(-c2ccc(-c3ccccc3)cc2)cc1. The van der Waals surface area contributed by atoms with Crippen molar-refractivity contribution < 1.29 is 0 Å². The molecular formula is C52H56S. The Labute approximate surface area is 325 Å². The highest BCUT2D eigenvalue weighted by molar-refractivity contribution is 8.07. The fourth-order valence-corrected chi connectivity index (χ4v) is 7.03. The molecule has 0 spiro atoms. The number of allylic oxidation sites excluding steroid dienone is 21. The molecule has 0 aromatic heterocycles. The van der Waals surface area contributed by atoms with Gasteiger partial charge in [0.2, 0.25) is 0 Å². The highest BCUT2D eigenvalue weighted by Crippen LogP contribution is 2.31. The molecule has 0 nitrogen and oxygen atoms in total. The van der Waals surface area contributed by atoms with Gasteiger partial charge in [-0.05, 0) is 132 Å². The minimum Gasteiger partial charge on any atom is -0.129 e. The zero-order chi connectivity index (χ0) is 38.2. The van der Waals surface area contributed by atoms with Gasteiger partial charge in [-0.2, -0.15) is 0 Å². The first-order chi connectivity index (χ1) is 25.7. The van der Waals surface area contributed by atoms with Gasteiger partial charge in [0.25, 0.3) is 0 Å². The van der Waals surface area contributed by atoms with Crippen molar-refractivity contribution in [1.29, 1.82) is 0 Å². The molecule has 1 heteroatoms. The van der Waals surface area contributed by atoms with E-state index in [0.717, 1.165) is 29.6 Å². The van der Waals surface area contributed by atoms with Crippen LogP contribution in [0.3, 0.4) is 0 Å². The first kappa shape index (κ1) is 40.7. The minimum absolute atomic E-state index is 0.263. The highest BCUT2D eigenvalue weighted by atomic mass is 32.2. The molecule has 1 aliphatic rings. The molecule has 1 unspecified atom stereocenters. The maximum absolute atomic E-state index is 4.33. The molecule has 0 aliphatic heterocycles. The van der Waals surface area contributed by atoms with Crippen molar-refractivity contribution in [2.45, 2.75) is 54.4 Å². The zero-order valence-corrected chi connectivity index (χ0v) is 33.6. The lowest BCUT2D eigenvalue weighted by molar-refractivity contribution is 0.932. The van der Waals surface area contributed by atoms with E-state index in [1.807, 2.05) is 6.08 Å². The van der Waals surface area contributed by atoms with E-state index >= 15 is 0 Å². The summed E-state index contributed by atoms with van der Waals surface area (Å²) in [6.07, 6.45) is 33.0. The molecule has 0 N–H and O–H groups in total. The molecule has 4 rings (SSSR count). The van der Waals surface area contributed by atoms with E-state index in [4.69, 9.17) is 0 Å². The van der Waals surface area contributed by atoms with E-state index in [9.17, 15) is 0 Å². The van der Waals surface area contributed by atoms with Gasteiger partial charge in [-0.1, -0.05) is 178 Å². The van der Waals surface area contributed by atoms with Crippen LogP contribution in [-0.4, -0.2) is 6.26 Å². The average molecular weight is 713 g/mol. The second-order valence-electron chi connectivity index (χ2n) is 13.5. The molecule has 0 amide bonds. The number of benzene rings is 3. The van der Waals surface area contributed by atoms with Crippen LogP contribution in [0.1, 0.15) is 59.9 Å². The van der Waals surface area contributed by atoms with Crippen molar-refractivity contribution in [3.63, 3.8) is 0 Å². The number of hydrogen-bond donors (Lipinski definition) is 0. The Kier molecular flexibility index (Phi) is 16.0. The molecule has 53 heavy (non-hydrogen) atoms. The van der Waals surface area contributed by atoms with E-state index in [-0.39, 0.29) is 5.92 Å². The summed E-state index contributed by atoms with van der Waals surface area (Å²) < 4.78 is 0. The van der Waals surface area contributed by atoms with Crippen LogP contribution in [0.4, 0.5) is 0 Å². The quantitative estimate of drug-likeness (QED) is 0.141. The molecule has 0 fully saturated rings. The fraction of sp³-hybridized carbons (Fsp3) is 0.192. The second-order valence-corrected chi connectivity index (χ2v) is 14.3. The molecular weight excluding hydrogens is 657 g/mol. The van der Waals surface area contributed by atoms with Crippen LogP contribution >= 0.6 is 11.8 Å². The molecule has 0 radical (unpaired) electrons. The Morgan fingerprint density at radius 1 is 0.698 bits per heavy atom. The Hall–Kier alpha value is -5.11. The van der Waals surface area contributed by atoms with E-state index in [1.165, 1.54) is 60.6 Å². The van der Waals surface area contributed by atoms with Crippen molar-refractivity contribution in [3.8, 4) is 22.3 Å². The fourth-order valence-electron chi connectivity index (χ4n) is 6.30. The largest absolute Gasteiger partial charge is 0.129 e. The van der Waals surface area contributed by atoms with Crippen LogP contribution in [0, 0.1) is 5.92 Å². The molecule has 3 aromatic rings. The Morgan fingerprint density at radius 2 is 1.32 bits per heavy atom. The predicted molar refractivity (Wildman–Crippen MR) is 240 cm³/mol. The van der Waals surface area contributed by atoms with Crippen LogP contribution < -0.4 is 0 Å². The van der Waals surface area contributed by atoms with Crippen LogP contribution in [0.2, 0.25) is 0 Å². The minimum atomic E-state index is 0.263. The molecule has 0 saturated carbocycles. The van der Waals surface area contributed by atoms with Gasteiger partial charge in [-0.3, -0.25) is 0 Å². The van der Waals surface area contributed by atoms with Gasteiger partial charge in [0, 0.05) is 4.91 Å². The van der Waals surface area contributed by atoms with Gasteiger partial charge in [0.05, 0.1) is 0 Å². The molecule has 0 heterocycles. The summed E-state index contributed by atoms with van der Waals surface area (Å²) in [5.41, 5.74) is 15.5. The summed E-state index contributed by atoms with van der Waals surface area (Å²) in [7, 11) is 0. The standard InChI is InChI=1S/C52H56S/c1-10-43(25-23-39(5)40(6)24-26-44(11-2)46-19-15-13-16-20-46)42(8)37-45(12-3)41(7)35-38(4)36-52(53-9)51-33-31-50(32-34-51)49-29-27-48(28-30-49)47-21-17-14-18-22-47/h10-12,14-15,17-38H,1,6,13,16H2,2-5,7-9H3/b26-24-,39-23+,41-35-,42-37+,43-25+,44-11+,45-12-,52-36-. The Morgan fingerprint density at radius 3 is 1.87 bits per heavy atom. The van der Waals surface area contributed by atoms with Gasteiger partial charge < -0.3 is 0 Å². The van der Waals surface area contributed by atoms with E-state index in [1.54, 1.807) is 11.8 Å². The van der Waals surface area contributed by atoms with Crippen LogP contribution in [0.25, 0.3) is 27.2 Å². The summed E-state index contributed by atoms with van der Waals surface area (Å²) in [4.78, 5) is 1.28. The van der Waals surface area contributed by atoms with E-state index in [0.29, 0.717) is 0 Å². The summed E-state index contributed by atoms with van der Waals surface area (Å²) in [6, 6.07) is 28.3. The Balaban J connectivity index is 1.43. The van der Waals surface area contributed by atoms with Crippen LogP contribution in [0.5, 0.6) is 0 Å². The lowest BCUT2D eigenvalue weighted by atomic mass is 9.96. The number of hydrogen-bond acceptors (Lipinski definition) is 1. The van der Waals surface area contributed by atoms with Gasteiger partial charge in [-0.15, -0.1) is 11.8 Å². The topological polar surface area (TPSA) is 0 Å². The normalized spacial score (nSPS) is 15.8. The molecule has 1 aliphatic carbocycles. The highest BCUT2D eigenvalue weighted by Gasteiger charge is 2.08. The van der Waals surface area contributed by atoms with Crippen LogP contribution in [-0.2, 0) is 0 Å². The van der Waals surface area contributed by atoms with Crippen LogP contribution in [0.15, 0.2) is 216 Å². The maximum Gasteiger partial charge on any atom is 0.0108 e.